The highest BCUT2D eigenvalue weighted by Crippen LogP contribution is 2.27. The molecule has 0 atom stereocenters. The van der Waals surface area contributed by atoms with Crippen molar-refractivity contribution in [2.45, 2.75) is 33.4 Å². The number of rotatable bonds is 8. The van der Waals surface area contributed by atoms with Gasteiger partial charge in [0.2, 0.25) is 0 Å². The van der Waals surface area contributed by atoms with Crippen molar-refractivity contribution >= 4 is 50.2 Å². The molecular formula is C27H25BrN6O. The van der Waals surface area contributed by atoms with Gasteiger partial charge in [0, 0.05) is 22.0 Å². The fourth-order valence-corrected chi connectivity index (χ4v) is 4.34. The van der Waals surface area contributed by atoms with Crippen LogP contribution in [0, 0.1) is 6.92 Å². The number of nitrogens with one attached hydrogen (secondary N) is 1. The predicted molar refractivity (Wildman–Crippen MR) is 144 cm³/mol. The van der Waals surface area contributed by atoms with Gasteiger partial charge in [-0.05, 0) is 43.2 Å². The van der Waals surface area contributed by atoms with Gasteiger partial charge < -0.3 is 9.30 Å². The zero-order valence-electron chi connectivity index (χ0n) is 19.6. The third-order valence-electron chi connectivity index (χ3n) is 5.68. The Balaban J connectivity index is 1.37. The minimum atomic E-state index is 0.339. The highest BCUT2D eigenvalue weighted by molar-refractivity contribution is 9.10. The van der Waals surface area contributed by atoms with E-state index in [1.54, 1.807) is 6.21 Å². The summed E-state index contributed by atoms with van der Waals surface area (Å²) in [6, 6.07) is 22.3. The number of ether oxygens (including phenoxy) is 1. The molecule has 5 aromatic rings. The molecule has 0 aliphatic rings. The number of nitrogens with zero attached hydrogens (tertiary/aromatic N) is 5. The molecule has 0 aliphatic heterocycles. The predicted octanol–water partition coefficient (Wildman–Crippen LogP) is 6.49. The molecule has 0 bridgehead atoms. The zero-order valence-corrected chi connectivity index (χ0v) is 21.2. The molecule has 7 nitrogen and oxygen atoms in total. The van der Waals surface area contributed by atoms with Crippen LogP contribution >= 0.6 is 15.9 Å². The third-order valence-corrected chi connectivity index (χ3v) is 6.17. The van der Waals surface area contributed by atoms with Crippen molar-refractivity contribution in [3.05, 3.63) is 87.9 Å². The van der Waals surface area contributed by atoms with Crippen molar-refractivity contribution in [2.75, 3.05) is 5.43 Å². The molecule has 2 aromatic heterocycles. The first-order valence-corrected chi connectivity index (χ1v) is 12.3. The largest absolute Gasteiger partial charge is 0.488 e. The molecule has 0 saturated heterocycles. The van der Waals surface area contributed by atoms with Gasteiger partial charge in [-0.2, -0.15) is 10.1 Å². The lowest BCUT2D eigenvalue weighted by atomic mass is 10.1. The molecule has 0 aliphatic carbocycles. The second-order valence-corrected chi connectivity index (χ2v) is 9.22. The molecule has 0 unspecified atom stereocenters. The van der Waals surface area contributed by atoms with E-state index in [2.05, 4.69) is 91.5 Å². The van der Waals surface area contributed by atoms with Gasteiger partial charge in [0.15, 0.2) is 5.65 Å². The van der Waals surface area contributed by atoms with Crippen molar-refractivity contribution in [3.63, 3.8) is 0 Å². The second kappa shape index (κ2) is 10.2. The number of aryl methyl sites for hydroxylation is 2. The van der Waals surface area contributed by atoms with Gasteiger partial charge in [-0.3, -0.25) is 0 Å². The van der Waals surface area contributed by atoms with Crippen molar-refractivity contribution in [3.8, 4) is 5.75 Å². The second-order valence-electron chi connectivity index (χ2n) is 8.30. The first-order chi connectivity index (χ1) is 17.1. The van der Waals surface area contributed by atoms with Crippen LogP contribution in [-0.4, -0.2) is 26.0 Å². The van der Waals surface area contributed by atoms with E-state index >= 15 is 0 Å². The number of fused-ring (bicyclic) bond motifs is 3. The Kier molecular flexibility index (Phi) is 6.72. The molecule has 5 rings (SSSR count). The quantitative estimate of drug-likeness (QED) is 0.184. The lowest BCUT2D eigenvalue weighted by Gasteiger charge is -2.10. The van der Waals surface area contributed by atoms with E-state index in [4.69, 9.17) is 9.72 Å². The Morgan fingerprint density at radius 1 is 1.06 bits per heavy atom. The van der Waals surface area contributed by atoms with Crippen molar-refractivity contribution in [1.29, 1.82) is 0 Å². The number of halogens is 1. The minimum Gasteiger partial charge on any atom is -0.488 e. The Bertz CT molecular complexity index is 1510. The maximum absolute atomic E-state index is 6.07. The number of para-hydroxylation sites is 1. The highest BCUT2D eigenvalue weighted by atomic mass is 79.9. The van der Waals surface area contributed by atoms with E-state index in [1.165, 1.54) is 5.56 Å². The SMILES string of the molecule is CCCn1c2ccccc2c2nnc(N/N=C/c3cc(Br)ccc3OCc3ccc(C)cc3)nc21. The van der Waals surface area contributed by atoms with Crippen LogP contribution < -0.4 is 10.2 Å². The zero-order chi connectivity index (χ0) is 24.2. The molecule has 2 heterocycles. The molecule has 0 saturated carbocycles. The first-order valence-electron chi connectivity index (χ1n) is 11.5. The van der Waals surface area contributed by atoms with Crippen LogP contribution in [0.4, 0.5) is 5.95 Å². The summed E-state index contributed by atoms with van der Waals surface area (Å²) >= 11 is 3.53. The monoisotopic (exact) mass is 528 g/mol. The third kappa shape index (κ3) is 5.02. The van der Waals surface area contributed by atoms with Crippen LogP contribution in [0.25, 0.3) is 22.1 Å². The van der Waals surface area contributed by atoms with Crippen molar-refractivity contribution in [2.24, 2.45) is 5.10 Å². The lowest BCUT2D eigenvalue weighted by molar-refractivity contribution is 0.305. The van der Waals surface area contributed by atoms with Gasteiger partial charge in [0.25, 0.3) is 5.95 Å². The molecular weight excluding hydrogens is 504 g/mol. The Hall–Kier alpha value is -3.78. The van der Waals surface area contributed by atoms with Crippen LogP contribution in [0.15, 0.2) is 76.3 Å². The van der Waals surface area contributed by atoms with Crippen LogP contribution in [0.3, 0.4) is 0 Å². The van der Waals surface area contributed by atoms with E-state index in [1.807, 2.05) is 30.3 Å². The normalized spacial score (nSPS) is 11.5. The van der Waals surface area contributed by atoms with E-state index in [-0.39, 0.29) is 0 Å². The average Bonchev–Trinajstić information content (AvgIpc) is 3.18. The van der Waals surface area contributed by atoms with Gasteiger partial charge in [0.1, 0.15) is 17.9 Å². The summed E-state index contributed by atoms with van der Waals surface area (Å²) in [7, 11) is 0. The van der Waals surface area contributed by atoms with E-state index in [9.17, 15) is 0 Å². The van der Waals surface area contributed by atoms with Crippen LogP contribution in [0.2, 0.25) is 0 Å². The molecule has 0 radical (unpaired) electrons. The smallest absolute Gasteiger partial charge is 0.265 e. The standard InChI is InChI=1S/C27H25BrN6O/c1-3-14-34-23-7-5-4-6-22(23)25-26(34)30-27(33-31-25)32-29-16-20-15-21(28)12-13-24(20)35-17-19-10-8-18(2)9-11-19/h4-13,15-16H,3,14,17H2,1-2H3,(H,30,32,33)/b29-16+. The molecule has 0 amide bonds. The van der Waals surface area contributed by atoms with Gasteiger partial charge >= 0.3 is 0 Å². The molecule has 3 aromatic carbocycles. The van der Waals surface area contributed by atoms with Gasteiger partial charge in [0.05, 0.1) is 11.7 Å². The molecule has 176 valence electrons. The van der Waals surface area contributed by atoms with Crippen LogP contribution in [0.1, 0.15) is 30.0 Å². The number of hydrogen-bond donors (Lipinski definition) is 1. The van der Waals surface area contributed by atoms with E-state index < -0.39 is 0 Å². The number of aromatic nitrogens is 4. The van der Waals surface area contributed by atoms with Gasteiger partial charge in [-0.25, -0.2) is 5.43 Å². The van der Waals surface area contributed by atoms with E-state index in [0.717, 1.165) is 56.4 Å². The van der Waals surface area contributed by atoms with Crippen molar-refractivity contribution in [1.82, 2.24) is 19.7 Å². The Morgan fingerprint density at radius 3 is 2.71 bits per heavy atom. The van der Waals surface area contributed by atoms with Crippen LogP contribution in [-0.2, 0) is 13.2 Å². The lowest BCUT2D eigenvalue weighted by Crippen LogP contribution is -2.03. The maximum atomic E-state index is 6.07. The number of hydrogen-bond acceptors (Lipinski definition) is 6. The highest BCUT2D eigenvalue weighted by Gasteiger charge is 2.14. The minimum absolute atomic E-state index is 0.339. The summed E-state index contributed by atoms with van der Waals surface area (Å²) in [5.41, 5.74) is 8.78. The van der Waals surface area contributed by atoms with E-state index in [0.29, 0.717) is 12.6 Å². The summed E-state index contributed by atoms with van der Waals surface area (Å²) in [5, 5.41) is 14.1. The molecule has 8 heteroatoms. The van der Waals surface area contributed by atoms with Crippen molar-refractivity contribution < 1.29 is 4.74 Å². The molecule has 0 fully saturated rings. The Labute approximate surface area is 212 Å². The Morgan fingerprint density at radius 2 is 1.89 bits per heavy atom. The maximum Gasteiger partial charge on any atom is 0.265 e. The topological polar surface area (TPSA) is 77.2 Å². The number of benzene rings is 3. The van der Waals surface area contributed by atoms with Gasteiger partial charge in [-0.1, -0.05) is 70.9 Å². The fourth-order valence-electron chi connectivity index (χ4n) is 3.96. The summed E-state index contributed by atoms with van der Waals surface area (Å²) in [5.74, 6) is 1.07. The first kappa shape index (κ1) is 23.0. The summed E-state index contributed by atoms with van der Waals surface area (Å²) in [6.45, 7) is 5.55. The molecule has 35 heavy (non-hydrogen) atoms. The number of hydrazone groups is 1. The summed E-state index contributed by atoms with van der Waals surface area (Å²) in [6.07, 6.45) is 2.69. The molecule has 1 N–H and O–H groups in total. The fraction of sp³-hybridized carbons (Fsp3) is 0.185. The van der Waals surface area contributed by atoms with Gasteiger partial charge in [-0.15, -0.1) is 10.2 Å². The summed E-state index contributed by atoms with van der Waals surface area (Å²) < 4.78 is 9.18. The summed E-state index contributed by atoms with van der Waals surface area (Å²) in [4.78, 5) is 4.71. The molecule has 0 spiro atoms. The average molecular weight is 529 g/mol. The van der Waals surface area contributed by atoms with Crippen LogP contribution in [0.5, 0.6) is 5.75 Å². The number of anilines is 1.